The van der Waals surface area contributed by atoms with E-state index in [0.29, 0.717) is 0 Å². The molecule has 0 amide bonds. The van der Waals surface area contributed by atoms with E-state index < -0.39 is 29.0 Å². The van der Waals surface area contributed by atoms with Crippen LogP contribution in [0.5, 0.6) is 0 Å². The van der Waals surface area contributed by atoms with Crippen molar-refractivity contribution in [2.45, 2.75) is 55.4 Å². The van der Waals surface area contributed by atoms with Crippen LogP contribution in [0.4, 0.5) is 69.1 Å². The molecule has 98 heavy (non-hydrogen) atoms. The van der Waals surface area contributed by atoms with Crippen molar-refractivity contribution >= 4 is 29.0 Å². The number of hydrogen-bond acceptors (Lipinski definition) is 12. The first-order valence-electron chi connectivity index (χ1n) is 26.5. The van der Waals surface area contributed by atoms with Crippen LogP contribution in [0.25, 0.3) is 91.1 Å². The van der Waals surface area contributed by atoms with Gasteiger partial charge in [-0.05, 0) is 152 Å². The molecule has 12 heterocycles. The van der Waals surface area contributed by atoms with Crippen LogP contribution in [0, 0.1) is 55.4 Å². The summed E-state index contributed by atoms with van der Waals surface area (Å²) < 4.78 is 156. The molecule has 0 bridgehead atoms. The Morgan fingerprint density at radius 3 is 0.367 bits per heavy atom. The largest absolute Gasteiger partial charge is 2.00 e. The number of hydrogen-bond donors (Lipinski definition) is 8. The molecule has 0 spiro atoms. The van der Waals surface area contributed by atoms with Gasteiger partial charge in [0.05, 0.1) is 45.6 Å². The van der Waals surface area contributed by atoms with Gasteiger partial charge >= 0.3 is 63.2 Å². The third kappa shape index (κ3) is 34.8. The van der Waals surface area contributed by atoms with Crippen LogP contribution in [0.3, 0.4) is 0 Å². The molecule has 0 radical (unpaired) electrons. The summed E-state index contributed by atoms with van der Waals surface area (Å²) in [6, 6.07) is 39.2. The van der Waals surface area contributed by atoms with Crippen LogP contribution in [-0.4, -0.2) is 152 Å². The van der Waals surface area contributed by atoms with Gasteiger partial charge in [0.1, 0.15) is 45.6 Å². The van der Waals surface area contributed by atoms with Gasteiger partial charge < -0.3 is 91.0 Å². The van der Waals surface area contributed by atoms with Crippen molar-refractivity contribution in [2.75, 3.05) is 0 Å². The van der Waals surface area contributed by atoms with Gasteiger partial charge in [-0.3, -0.25) is 40.8 Å². The first-order chi connectivity index (χ1) is 42.9. The fraction of sp³-hybridized carbons (Fsp3) is 0.154. The van der Waals surface area contributed by atoms with Gasteiger partial charge in [-0.25, -0.2) is 19.9 Å². The van der Waals surface area contributed by atoms with E-state index in [2.05, 4.69) is 102 Å². The van der Waals surface area contributed by atoms with Gasteiger partial charge in [0.25, 0.3) is 0 Å². The standard InChI is InChI=1S/4C13H13N5.4BF4.2Fe.4H2O/c4*1-8-6-12(17-15-8)10-4-3-5-11(14-10)13-7-9(2)16-18-13;4*2-1(3,4)5;;;;;;/h4*3-7H,1-2H3,(H,15,17)(H,16,18);;;;;;;4*1H2/q;;;;4*-1;2*+2;;;;. The number of H-pyrrole nitrogens is 8. The molecule has 12 rings (SSSR count). The number of nitrogens with zero attached hydrogens (tertiary/aromatic N) is 12. The summed E-state index contributed by atoms with van der Waals surface area (Å²) in [5.74, 6) is 0. The average molecular weight is 1490 g/mol. The third-order valence-corrected chi connectivity index (χ3v) is 10.7. The molecule has 0 fully saturated rings. The Labute approximate surface area is 566 Å². The van der Waals surface area contributed by atoms with E-state index in [1.807, 2.05) is 177 Å². The van der Waals surface area contributed by atoms with Gasteiger partial charge in [0.2, 0.25) is 0 Å². The number of rotatable bonds is 8. The first kappa shape index (κ1) is 90.4. The molecule has 16 N–H and O–H groups in total. The molecule has 12 aromatic rings. The zero-order valence-electron chi connectivity index (χ0n) is 52.0. The molecule has 0 unspecified atom stereocenters. The number of halogens is 16. The summed E-state index contributed by atoms with van der Waals surface area (Å²) in [5, 5.41) is 57.0. The summed E-state index contributed by atoms with van der Waals surface area (Å²) in [4.78, 5) is 18.3. The van der Waals surface area contributed by atoms with E-state index >= 15 is 0 Å². The molecule has 24 nitrogen and oxygen atoms in total. The molecule has 0 aliphatic carbocycles. The van der Waals surface area contributed by atoms with E-state index in [4.69, 9.17) is 0 Å². The van der Waals surface area contributed by atoms with Gasteiger partial charge in [-0.1, -0.05) is 24.3 Å². The summed E-state index contributed by atoms with van der Waals surface area (Å²) in [5.41, 5.74) is 21.7. The Morgan fingerprint density at radius 1 is 0.204 bits per heavy atom. The molecule has 0 aliphatic rings. The first-order valence-corrected chi connectivity index (χ1v) is 26.5. The molecular weight excluding hydrogens is 1430 g/mol. The molecule has 12 aromatic heterocycles. The number of aromatic nitrogens is 20. The van der Waals surface area contributed by atoms with Crippen molar-refractivity contribution in [3.8, 4) is 91.1 Å². The summed E-state index contributed by atoms with van der Waals surface area (Å²) >= 11 is 0. The van der Waals surface area contributed by atoms with Crippen molar-refractivity contribution in [2.24, 2.45) is 0 Å². The van der Waals surface area contributed by atoms with E-state index in [9.17, 15) is 69.1 Å². The maximum atomic E-state index is 9.75. The Balaban J connectivity index is 0. The molecule has 532 valence electrons. The van der Waals surface area contributed by atoms with Crippen LogP contribution in [0.2, 0.25) is 0 Å². The normalized spacial score (nSPS) is 10.4. The minimum atomic E-state index is -6.00. The van der Waals surface area contributed by atoms with Gasteiger partial charge in [-0.15, -0.1) is 0 Å². The van der Waals surface area contributed by atoms with Crippen molar-refractivity contribution in [1.29, 1.82) is 0 Å². The monoisotopic (exact) mass is 1490 g/mol. The Bertz CT molecular complexity index is 3440. The number of pyridine rings is 4. The molecule has 0 saturated carbocycles. The average Bonchev–Trinajstić information content (AvgIpc) is 1.59. The van der Waals surface area contributed by atoms with E-state index in [-0.39, 0.29) is 56.0 Å². The van der Waals surface area contributed by atoms with Crippen molar-refractivity contribution in [3.05, 3.63) is 167 Å². The van der Waals surface area contributed by atoms with E-state index in [1.54, 1.807) is 0 Å². The molecule has 0 atom stereocenters. The van der Waals surface area contributed by atoms with Crippen LogP contribution >= 0.6 is 0 Å². The third-order valence-electron chi connectivity index (χ3n) is 10.7. The Hall–Kier alpha value is -9.70. The topological polar surface area (TPSA) is 407 Å². The summed E-state index contributed by atoms with van der Waals surface area (Å²) in [7, 11) is -24.0. The smallest absolute Gasteiger partial charge is 0.418 e. The Kier molecular flexibility index (Phi) is 37.6. The molecule has 0 aromatic carbocycles. The number of nitrogens with one attached hydrogen (secondary N) is 8. The second-order valence-electron chi connectivity index (χ2n) is 19.1. The fourth-order valence-electron chi connectivity index (χ4n) is 7.27. The molecular formula is C52H60B4F16Fe2N20O4. The second-order valence-corrected chi connectivity index (χ2v) is 19.1. The zero-order chi connectivity index (χ0) is 68.1. The molecule has 0 aliphatic heterocycles. The summed E-state index contributed by atoms with van der Waals surface area (Å²) in [6.45, 7) is 15.8. The maximum Gasteiger partial charge on any atom is 2.00 e. The fourth-order valence-corrected chi connectivity index (χ4v) is 7.27. The van der Waals surface area contributed by atoms with Gasteiger partial charge in [0, 0.05) is 45.6 Å². The zero-order valence-corrected chi connectivity index (χ0v) is 54.2. The Morgan fingerprint density at radius 2 is 0.296 bits per heavy atom. The van der Waals surface area contributed by atoms with Crippen molar-refractivity contribution in [1.82, 2.24) is 102 Å². The second kappa shape index (κ2) is 40.8. The molecule has 46 heteroatoms. The van der Waals surface area contributed by atoms with Crippen LogP contribution in [0.15, 0.2) is 121 Å². The van der Waals surface area contributed by atoms with Crippen molar-refractivity contribution in [3.63, 3.8) is 0 Å². The predicted molar refractivity (Wildman–Crippen MR) is 331 cm³/mol. The van der Waals surface area contributed by atoms with Crippen LogP contribution < -0.4 is 0 Å². The van der Waals surface area contributed by atoms with E-state index in [1.165, 1.54) is 0 Å². The SMILES string of the molecule is Cc1cc(-c2cccc(-c3cc(C)[nH]n3)n2)n[nH]1.Cc1cc(-c2cccc(-c3cc(C)[nH]n3)n2)n[nH]1.Cc1cc(-c2cccc(-c3cc(C)[nH]n3)n2)n[nH]1.Cc1cc(-c2cccc(-c3cc(C)[nH]n3)n2)n[nH]1.F[B-](F)(F)F.F[B-](F)(F)F.F[B-](F)(F)F.F[B-](F)(F)F.O.O.O.O.[Fe+2].[Fe+2]. The minimum Gasteiger partial charge on any atom is -0.418 e. The predicted octanol–water partition coefficient (Wildman–Crippen LogP) is 11.8. The minimum absolute atomic E-state index is 0. The summed E-state index contributed by atoms with van der Waals surface area (Å²) in [6.07, 6.45) is 0. The van der Waals surface area contributed by atoms with Gasteiger partial charge in [-0.2, -0.15) is 40.8 Å². The van der Waals surface area contributed by atoms with Crippen LogP contribution in [0.1, 0.15) is 45.6 Å². The molecule has 0 saturated heterocycles. The quantitative estimate of drug-likeness (QED) is 0.0520. The van der Waals surface area contributed by atoms with Crippen molar-refractivity contribution < 1.29 is 125 Å². The number of aromatic amines is 8. The number of aryl methyl sites for hydroxylation is 8. The maximum absolute atomic E-state index is 9.75. The van der Waals surface area contributed by atoms with Gasteiger partial charge in [0.15, 0.2) is 0 Å². The van der Waals surface area contributed by atoms with E-state index in [0.717, 1.165) is 137 Å². The van der Waals surface area contributed by atoms with Crippen LogP contribution in [-0.2, 0) is 34.1 Å².